The molecule has 1 rings (SSSR count). The molecule has 1 N–H and O–H groups in total. The third-order valence-corrected chi connectivity index (χ3v) is 3.31. The van der Waals surface area contributed by atoms with Crippen LogP contribution < -0.4 is 10.1 Å². The van der Waals surface area contributed by atoms with Crippen LogP contribution in [0.2, 0.25) is 0 Å². The molecule has 0 heterocycles. The van der Waals surface area contributed by atoms with Crippen molar-refractivity contribution in [2.75, 3.05) is 18.6 Å². The molecule has 17 heavy (non-hydrogen) atoms. The van der Waals surface area contributed by atoms with Crippen LogP contribution in [0.4, 0.5) is 0 Å². The van der Waals surface area contributed by atoms with Gasteiger partial charge in [0.15, 0.2) is 0 Å². The monoisotopic (exact) mass is 253 g/mol. The van der Waals surface area contributed by atoms with E-state index in [0.717, 1.165) is 18.9 Å². The first kappa shape index (κ1) is 14.4. The number of hydrogen-bond acceptors (Lipinski definition) is 3. The summed E-state index contributed by atoms with van der Waals surface area (Å²) in [5.74, 6) is 2.21. The van der Waals surface area contributed by atoms with Crippen LogP contribution in [-0.2, 0) is 6.54 Å². The van der Waals surface area contributed by atoms with E-state index in [1.165, 1.54) is 17.7 Å². The Morgan fingerprint density at radius 3 is 2.82 bits per heavy atom. The molecule has 2 nitrogen and oxygen atoms in total. The quantitative estimate of drug-likeness (QED) is 0.768. The molecule has 96 valence electrons. The number of para-hydroxylation sites is 1. The molecule has 0 amide bonds. The van der Waals surface area contributed by atoms with Crippen LogP contribution in [0.1, 0.15) is 25.8 Å². The first-order chi connectivity index (χ1) is 8.27. The minimum absolute atomic E-state index is 0.553. The Hall–Kier alpha value is -0.670. The molecular formula is C14H23NOS. The third-order valence-electron chi connectivity index (χ3n) is 2.67. The van der Waals surface area contributed by atoms with Crippen molar-refractivity contribution >= 4 is 11.8 Å². The zero-order chi connectivity index (χ0) is 12.5. The van der Waals surface area contributed by atoms with Crippen molar-refractivity contribution in [1.29, 1.82) is 0 Å². The van der Waals surface area contributed by atoms with Gasteiger partial charge in [-0.1, -0.05) is 18.2 Å². The fourth-order valence-electron chi connectivity index (χ4n) is 1.63. The Kier molecular flexibility index (Phi) is 7.13. The van der Waals surface area contributed by atoms with Gasteiger partial charge in [-0.2, -0.15) is 11.8 Å². The predicted molar refractivity (Wildman–Crippen MR) is 76.9 cm³/mol. The second kappa shape index (κ2) is 8.43. The minimum Gasteiger partial charge on any atom is -0.494 e. The number of nitrogens with one attached hydrogen (secondary N) is 1. The lowest BCUT2D eigenvalue weighted by molar-refractivity contribution is 0.334. The summed E-state index contributed by atoms with van der Waals surface area (Å²) in [4.78, 5) is 0. The van der Waals surface area contributed by atoms with E-state index in [0.29, 0.717) is 6.04 Å². The second-order valence-corrected chi connectivity index (χ2v) is 5.09. The van der Waals surface area contributed by atoms with E-state index in [1.807, 2.05) is 30.8 Å². The van der Waals surface area contributed by atoms with Gasteiger partial charge in [-0.25, -0.2) is 0 Å². The number of hydrogen-bond donors (Lipinski definition) is 1. The molecule has 0 saturated carbocycles. The van der Waals surface area contributed by atoms with Gasteiger partial charge in [0.25, 0.3) is 0 Å². The summed E-state index contributed by atoms with van der Waals surface area (Å²) in [7, 11) is 0. The average molecular weight is 253 g/mol. The lowest BCUT2D eigenvalue weighted by Crippen LogP contribution is -2.26. The molecule has 0 radical (unpaired) electrons. The van der Waals surface area contributed by atoms with E-state index in [4.69, 9.17) is 4.74 Å². The summed E-state index contributed by atoms with van der Waals surface area (Å²) >= 11 is 1.90. The third kappa shape index (κ3) is 5.46. The van der Waals surface area contributed by atoms with Crippen LogP contribution in [0.3, 0.4) is 0 Å². The molecule has 1 aromatic carbocycles. The minimum atomic E-state index is 0.553. The highest BCUT2D eigenvalue weighted by atomic mass is 32.2. The summed E-state index contributed by atoms with van der Waals surface area (Å²) in [6.07, 6.45) is 3.36. The zero-order valence-corrected chi connectivity index (χ0v) is 11.8. The maximum absolute atomic E-state index is 5.61. The first-order valence-electron chi connectivity index (χ1n) is 6.21. The smallest absolute Gasteiger partial charge is 0.123 e. The predicted octanol–water partition coefficient (Wildman–Crippen LogP) is 3.32. The molecule has 0 bridgehead atoms. The standard InChI is InChI=1S/C14H23NOS/c1-4-16-14-8-6-5-7-13(14)11-15-12(2)9-10-17-3/h5-8,12,15H,4,9-11H2,1-3H3. The van der Waals surface area contributed by atoms with Crippen molar-refractivity contribution in [3.8, 4) is 5.75 Å². The lowest BCUT2D eigenvalue weighted by Gasteiger charge is -2.15. The molecule has 3 heteroatoms. The van der Waals surface area contributed by atoms with Gasteiger partial charge in [-0.15, -0.1) is 0 Å². The lowest BCUT2D eigenvalue weighted by atomic mass is 10.2. The van der Waals surface area contributed by atoms with Crippen molar-refractivity contribution in [1.82, 2.24) is 5.32 Å². The highest BCUT2D eigenvalue weighted by Crippen LogP contribution is 2.17. The summed E-state index contributed by atoms with van der Waals surface area (Å²) in [5, 5.41) is 3.54. The molecular weight excluding hydrogens is 230 g/mol. The highest BCUT2D eigenvalue weighted by Gasteiger charge is 2.05. The highest BCUT2D eigenvalue weighted by molar-refractivity contribution is 7.98. The van der Waals surface area contributed by atoms with Gasteiger partial charge < -0.3 is 10.1 Å². The summed E-state index contributed by atoms with van der Waals surface area (Å²) in [6, 6.07) is 8.79. The van der Waals surface area contributed by atoms with Crippen molar-refractivity contribution in [3.63, 3.8) is 0 Å². The fourth-order valence-corrected chi connectivity index (χ4v) is 2.22. The number of thioether (sulfide) groups is 1. The summed E-state index contributed by atoms with van der Waals surface area (Å²) < 4.78 is 5.61. The Bertz CT molecular complexity index is 317. The molecule has 1 aromatic rings. The van der Waals surface area contributed by atoms with E-state index in [9.17, 15) is 0 Å². The molecule has 1 atom stereocenters. The van der Waals surface area contributed by atoms with Crippen LogP contribution in [0.5, 0.6) is 5.75 Å². The van der Waals surface area contributed by atoms with Crippen molar-refractivity contribution < 1.29 is 4.74 Å². The zero-order valence-electron chi connectivity index (χ0n) is 11.0. The van der Waals surface area contributed by atoms with Gasteiger partial charge in [-0.3, -0.25) is 0 Å². The van der Waals surface area contributed by atoms with Gasteiger partial charge in [0, 0.05) is 18.2 Å². The van der Waals surface area contributed by atoms with Crippen LogP contribution in [-0.4, -0.2) is 24.7 Å². The second-order valence-electron chi connectivity index (χ2n) is 4.10. The Balaban J connectivity index is 2.44. The van der Waals surface area contributed by atoms with Crippen LogP contribution >= 0.6 is 11.8 Å². The number of ether oxygens (including phenoxy) is 1. The van der Waals surface area contributed by atoms with Gasteiger partial charge in [0.05, 0.1) is 6.61 Å². The molecule has 0 aliphatic carbocycles. The molecule has 0 aliphatic heterocycles. The SMILES string of the molecule is CCOc1ccccc1CNC(C)CCSC. The summed E-state index contributed by atoms with van der Waals surface area (Å²) in [6.45, 7) is 5.86. The Labute approximate surface area is 109 Å². The Morgan fingerprint density at radius 2 is 2.12 bits per heavy atom. The maximum atomic E-state index is 5.61. The Morgan fingerprint density at radius 1 is 1.35 bits per heavy atom. The molecule has 0 saturated heterocycles. The van der Waals surface area contributed by atoms with Crippen molar-refractivity contribution in [3.05, 3.63) is 29.8 Å². The summed E-state index contributed by atoms with van der Waals surface area (Å²) in [5.41, 5.74) is 1.24. The van der Waals surface area contributed by atoms with Gasteiger partial charge in [-0.05, 0) is 38.3 Å². The normalized spacial score (nSPS) is 12.4. The van der Waals surface area contributed by atoms with Crippen molar-refractivity contribution in [2.45, 2.75) is 32.9 Å². The molecule has 0 spiro atoms. The maximum Gasteiger partial charge on any atom is 0.123 e. The van der Waals surface area contributed by atoms with E-state index < -0.39 is 0 Å². The van der Waals surface area contributed by atoms with Gasteiger partial charge in [0.2, 0.25) is 0 Å². The van der Waals surface area contributed by atoms with E-state index in [2.05, 4.69) is 30.6 Å². The van der Waals surface area contributed by atoms with Crippen LogP contribution in [0.15, 0.2) is 24.3 Å². The van der Waals surface area contributed by atoms with Gasteiger partial charge >= 0.3 is 0 Å². The molecule has 1 unspecified atom stereocenters. The van der Waals surface area contributed by atoms with Gasteiger partial charge in [0.1, 0.15) is 5.75 Å². The molecule has 0 fully saturated rings. The first-order valence-corrected chi connectivity index (χ1v) is 7.60. The average Bonchev–Trinajstić information content (AvgIpc) is 2.35. The van der Waals surface area contributed by atoms with Crippen molar-refractivity contribution in [2.24, 2.45) is 0 Å². The van der Waals surface area contributed by atoms with Crippen LogP contribution in [0.25, 0.3) is 0 Å². The molecule has 0 aliphatic rings. The fraction of sp³-hybridized carbons (Fsp3) is 0.571. The topological polar surface area (TPSA) is 21.3 Å². The number of benzene rings is 1. The van der Waals surface area contributed by atoms with E-state index >= 15 is 0 Å². The largest absolute Gasteiger partial charge is 0.494 e. The number of rotatable bonds is 8. The van der Waals surface area contributed by atoms with Crippen LogP contribution in [0, 0.1) is 0 Å². The van der Waals surface area contributed by atoms with E-state index in [-0.39, 0.29) is 0 Å². The van der Waals surface area contributed by atoms with E-state index in [1.54, 1.807) is 0 Å². The molecule has 0 aromatic heterocycles.